The summed E-state index contributed by atoms with van der Waals surface area (Å²) in [5, 5.41) is 28.4. The molecule has 0 radical (unpaired) electrons. The Balaban J connectivity index is 3.24. The van der Waals surface area contributed by atoms with Gasteiger partial charge in [-0.3, -0.25) is 0 Å². The Labute approximate surface area is 100 Å². The van der Waals surface area contributed by atoms with Gasteiger partial charge in [0.2, 0.25) is 0 Å². The predicted molar refractivity (Wildman–Crippen MR) is 62.0 cm³/mol. The SMILES string of the molecule is COc1cc(C(OC)C(C)O)cc(CO)c1O. The number of ether oxygens (including phenoxy) is 2. The van der Waals surface area contributed by atoms with Crippen molar-refractivity contribution in [2.45, 2.75) is 25.7 Å². The molecule has 0 saturated heterocycles. The number of rotatable bonds is 5. The van der Waals surface area contributed by atoms with Gasteiger partial charge in [-0.15, -0.1) is 0 Å². The van der Waals surface area contributed by atoms with Crippen LogP contribution in [0, 0.1) is 0 Å². The van der Waals surface area contributed by atoms with E-state index in [9.17, 15) is 10.2 Å². The largest absolute Gasteiger partial charge is 0.504 e. The summed E-state index contributed by atoms with van der Waals surface area (Å²) < 4.78 is 10.2. The molecule has 0 aromatic heterocycles. The number of aliphatic hydroxyl groups is 2. The van der Waals surface area contributed by atoms with Gasteiger partial charge in [-0.2, -0.15) is 0 Å². The summed E-state index contributed by atoms with van der Waals surface area (Å²) in [5.41, 5.74) is 0.975. The van der Waals surface area contributed by atoms with E-state index in [1.165, 1.54) is 14.2 Å². The van der Waals surface area contributed by atoms with Crippen molar-refractivity contribution in [1.29, 1.82) is 0 Å². The molecule has 0 bridgehead atoms. The molecule has 0 heterocycles. The lowest BCUT2D eigenvalue weighted by Crippen LogP contribution is -2.16. The molecule has 0 spiro atoms. The summed E-state index contributed by atoms with van der Waals surface area (Å²) in [6, 6.07) is 3.16. The minimum absolute atomic E-state index is 0.0980. The zero-order chi connectivity index (χ0) is 13.0. The van der Waals surface area contributed by atoms with E-state index in [-0.39, 0.29) is 18.1 Å². The van der Waals surface area contributed by atoms with Crippen molar-refractivity contribution in [3.05, 3.63) is 23.3 Å². The monoisotopic (exact) mass is 242 g/mol. The number of phenols is 1. The molecular weight excluding hydrogens is 224 g/mol. The van der Waals surface area contributed by atoms with Gasteiger partial charge in [0.1, 0.15) is 6.10 Å². The highest BCUT2D eigenvalue weighted by Crippen LogP contribution is 2.35. The molecule has 0 fully saturated rings. The molecule has 1 aromatic carbocycles. The summed E-state index contributed by atoms with van der Waals surface area (Å²) in [4.78, 5) is 0. The minimum Gasteiger partial charge on any atom is -0.504 e. The van der Waals surface area contributed by atoms with Gasteiger partial charge in [0, 0.05) is 12.7 Å². The summed E-state index contributed by atoms with van der Waals surface area (Å²) in [7, 11) is 2.90. The fourth-order valence-electron chi connectivity index (χ4n) is 1.74. The van der Waals surface area contributed by atoms with Gasteiger partial charge in [0.05, 0.1) is 19.8 Å². The standard InChI is InChI=1S/C12H18O5/c1-7(14)12(17-3)8-4-9(6-13)11(15)10(5-8)16-2/h4-5,7,12-15H,6H2,1-3H3. The maximum atomic E-state index is 9.72. The number of aliphatic hydroxyl groups excluding tert-OH is 2. The Morgan fingerprint density at radius 3 is 2.35 bits per heavy atom. The molecule has 0 aliphatic rings. The fraction of sp³-hybridized carbons (Fsp3) is 0.500. The highest BCUT2D eigenvalue weighted by atomic mass is 16.5. The lowest BCUT2D eigenvalue weighted by atomic mass is 10.0. The molecule has 96 valence electrons. The Kier molecular flexibility index (Phi) is 4.74. The van der Waals surface area contributed by atoms with Crippen molar-refractivity contribution in [1.82, 2.24) is 0 Å². The van der Waals surface area contributed by atoms with Gasteiger partial charge in [-0.1, -0.05) is 0 Å². The van der Waals surface area contributed by atoms with Gasteiger partial charge < -0.3 is 24.8 Å². The molecule has 3 N–H and O–H groups in total. The van der Waals surface area contributed by atoms with E-state index in [2.05, 4.69) is 0 Å². The second kappa shape index (κ2) is 5.86. The Hall–Kier alpha value is -1.30. The molecule has 1 rings (SSSR count). The van der Waals surface area contributed by atoms with Gasteiger partial charge in [-0.05, 0) is 24.6 Å². The fourth-order valence-corrected chi connectivity index (χ4v) is 1.74. The third-order valence-electron chi connectivity index (χ3n) is 2.59. The topological polar surface area (TPSA) is 79.2 Å². The van der Waals surface area contributed by atoms with E-state index in [0.717, 1.165) is 0 Å². The molecule has 0 aliphatic heterocycles. The normalized spacial score (nSPS) is 14.4. The first-order valence-corrected chi connectivity index (χ1v) is 5.26. The van der Waals surface area contributed by atoms with E-state index >= 15 is 0 Å². The van der Waals surface area contributed by atoms with Crippen LogP contribution in [-0.2, 0) is 11.3 Å². The van der Waals surface area contributed by atoms with Gasteiger partial charge in [0.25, 0.3) is 0 Å². The van der Waals surface area contributed by atoms with Crippen LogP contribution in [0.15, 0.2) is 12.1 Å². The highest BCUT2D eigenvalue weighted by Gasteiger charge is 2.20. The third-order valence-corrected chi connectivity index (χ3v) is 2.59. The quantitative estimate of drug-likeness (QED) is 0.716. The van der Waals surface area contributed by atoms with Crippen LogP contribution in [-0.4, -0.2) is 35.6 Å². The van der Waals surface area contributed by atoms with Crippen molar-refractivity contribution in [2.75, 3.05) is 14.2 Å². The van der Waals surface area contributed by atoms with Crippen molar-refractivity contribution in [3.63, 3.8) is 0 Å². The van der Waals surface area contributed by atoms with Crippen LogP contribution in [0.1, 0.15) is 24.2 Å². The Morgan fingerprint density at radius 2 is 1.94 bits per heavy atom. The van der Waals surface area contributed by atoms with Crippen LogP contribution >= 0.6 is 0 Å². The number of methoxy groups -OCH3 is 2. The van der Waals surface area contributed by atoms with E-state index in [0.29, 0.717) is 11.1 Å². The summed E-state index contributed by atoms with van der Waals surface area (Å²) >= 11 is 0. The van der Waals surface area contributed by atoms with Crippen molar-refractivity contribution < 1.29 is 24.8 Å². The Bertz CT molecular complexity index is 350. The average molecular weight is 242 g/mol. The molecule has 5 heteroatoms. The second-order valence-corrected chi connectivity index (χ2v) is 3.79. The van der Waals surface area contributed by atoms with Crippen LogP contribution in [0.5, 0.6) is 11.5 Å². The van der Waals surface area contributed by atoms with E-state index in [4.69, 9.17) is 14.6 Å². The first-order chi connectivity index (χ1) is 8.04. The predicted octanol–water partition coefficient (Wildman–Crippen LogP) is 0.961. The van der Waals surface area contributed by atoms with Crippen molar-refractivity contribution in [3.8, 4) is 11.5 Å². The second-order valence-electron chi connectivity index (χ2n) is 3.79. The summed E-state index contributed by atoms with van der Waals surface area (Å²) in [6.07, 6.45) is -1.24. The van der Waals surface area contributed by atoms with Crippen LogP contribution in [0.3, 0.4) is 0 Å². The molecular formula is C12H18O5. The minimum atomic E-state index is -0.708. The molecule has 1 aromatic rings. The number of hydrogen-bond acceptors (Lipinski definition) is 5. The highest BCUT2D eigenvalue weighted by molar-refractivity contribution is 5.49. The lowest BCUT2D eigenvalue weighted by molar-refractivity contribution is -0.00369. The van der Waals surface area contributed by atoms with E-state index in [1.54, 1.807) is 19.1 Å². The first-order valence-electron chi connectivity index (χ1n) is 5.26. The Morgan fingerprint density at radius 1 is 1.29 bits per heavy atom. The molecule has 0 aliphatic carbocycles. The van der Waals surface area contributed by atoms with Crippen LogP contribution < -0.4 is 4.74 Å². The number of aromatic hydroxyl groups is 1. The molecule has 5 nitrogen and oxygen atoms in total. The molecule has 0 saturated carbocycles. The van der Waals surface area contributed by atoms with Gasteiger partial charge in [-0.25, -0.2) is 0 Å². The average Bonchev–Trinajstić information content (AvgIpc) is 2.31. The third kappa shape index (κ3) is 2.88. The number of hydrogen-bond donors (Lipinski definition) is 3. The lowest BCUT2D eigenvalue weighted by Gasteiger charge is -2.20. The smallest absolute Gasteiger partial charge is 0.163 e. The zero-order valence-electron chi connectivity index (χ0n) is 10.2. The van der Waals surface area contributed by atoms with E-state index < -0.39 is 12.2 Å². The molecule has 0 amide bonds. The van der Waals surface area contributed by atoms with Gasteiger partial charge >= 0.3 is 0 Å². The first kappa shape index (κ1) is 13.8. The maximum Gasteiger partial charge on any atom is 0.163 e. The van der Waals surface area contributed by atoms with Crippen molar-refractivity contribution >= 4 is 0 Å². The molecule has 2 atom stereocenters. The van der Waals surface area contributed by atoms with Crippen molar-refractivity contribution in [2.24, 2.45) is 0 Å². The number of benzene rings is 1. The van der Waals surface area contributed by atoms with Crippen LogP contribution in [0.2, 0.25) is 0 Å². The van der Waals surface area contributed by atoms with Crippen LogP contribution in [0.4, 0.5) is 0 Å². The molecule has 17 heavy (non-hydrogen) atoms. The van der Waals surface area contributed by atoms with Gasteiger partial charge in [0.15, 0.2) is 11.5 Å². The zero-order valence-corrected chi connectivity index (χ0v) is 10.2. The summed E-state index contributed by atoms with van der Waals surface area (Å²) in [5.74, 6) is 0.147. The maximum absolute atomic E-state index is 9.72. The molecule has 2 unspecified atom stereocenters. The van der Waals surface area contributed by atoms with Crippen LogP contribution in [0.25, 0.3) is 0 Å². The van der Waals surface area contributed by atoms with E-state index in [1.807, 2.05) is 0 Å². The summed E-state index contributed by atoms with van der Waals surface area (Å²) in [6.45, 7) is 1.29.